The molecule has 47 heavy (non-hydrogen) atoms. The monoisotopic (exact) mass is 603 g/mol. The second-order valence-corrected chi connectivity index (χ2v) is 13.0. The Balaban J connectivity index is 1.30. The summed E-state index contributed by atoms with van der Waals surface area (Å²) in [4.78, 5) is 10.5. The summed E-state index contributed by atoms with van der Waals surface area (Å²) in [6, 6.07) is 49.2. The van der Waals surface area contributed by atoms with Crippen LogP contribution in [0.3, 0.4) is 0 Å². The molecule has 0 radical (unpaired) electrons. The van der Waals surface area contributed by atoms with Crippen LogP contribution in [-0.4, -0.2) is 14.5 Å². The van der Waals surface area contributed by atoms with Crippen LogP contribution < -0.4 is 0 Å². The molecule has 1 aliphatic carbocycles. The summed E-state index contributed by atoms with van der Waals surface area (Å²) < 4.78 is 8.81. The Morgan fingerprint density at radius 3 is 2.15 bits per heavy atom. The molecule has 3 heterocycles. The minimum Gasteiger partial charge on any atom is -0.455 e. The summed E-state index contributed by atoms with van der Waals surface area (Å²) in [6.07, 6.45) is 0. The van der Waals surface area contributed by atoms with Gasteiger partial charge in [0.25, 0.3) is 0 Å². The number of rotatable bonds is 3. The van der Waals surface area contributed by atoms with Crippen molar-refractivity contribution in [3.05, 3.63) is 151 Å². The van der Waals surface area contributed by atoms with Gasteiger partial charge in [-0.25, -0.2) is 9.97 Å². The van der Waals surface area contributed by atoms with Crippen molar-refractivity contribution in [2.45, 2.75) is 19.3 Å². The van der Waals surface area contributed by atoms with Crippen molar-refractivity contribution in [2.75, 3.05) is 0 Å². The quantitative estimate of drug-likeness (QED) is 0.202. The van der Waals surface area contributed by atoms with Crippen molar-refractivity contribution in [1.82, 2.24) is 14.5 Å². The van der Waals surface area contributed by atoms with Crippen LogP contribution in [0.25, 0.3) is 83.3 Å². The van der Waals surface area contributed by atoms with Gasteiger partial charge in [0, 0.05) is 44.2 Å². The molecule has 0 aliphatic heterocycles. The number of benzene rings is 6. The van der Waals surface area contributed by atoms with E-state index in [2.05, 4.69) is 128 Å². The van der Waals surface area contributed by atoms with Crippen LogP contribution in [0.15, 0.2) is 144 Å². The lowest BCUT2D eigenvalue weighted by Gasteiger charge is -2.21. The van der Waals surface area contributed by atoms with Crippen molar-refractivity contribution in [3.63, 3.8) is 0 Å². The topological polar surface area (TPSA) is 43.9 Å². The van der Waals surface area contributed by atoms with Gasteiger partial charge in [0.05, 0.1) is 16.7 Å². The summed E-state index contributed by atoms with van der Waals surface area (Å²) in [7, 11) is 0. The van der Waals surface area contributed by atoms with Crippen molar-refractivity contribution >= 4 is 43.7 Å². The summed E-state index contributed by atoms with van der Waals surface area (Å²) >= 11 is 0. The Bertz CT molecular complexity index is 2710. The normalized spacial score (nSPS) is 13.5. The molecule has 0 N–H and O–H groups in total. The summed E-state index contributed by atoms with van der Waals surface area (Å²) in [5, 5.41) is 4.61. The first-order valence-corrected chi connectivity index (χ1v) is 16.1. The molecule has 6 aromatic carbocycles. The first-order valence-electron chi connectivity index (χ1n) is 16.1. The van der Waals surface area contributed by atoms with Crippen molar-refractivity contribution < 1.29 is 4.42 Å². The van der Waals surface area contributed by atoms with Gasteiger partial charge in [-0.3, -0.25) is 4.57 Å². The predicted octanol–water partition coefficient (Wildman–Crippen LogP) is 11.1. The largest absolute Gasteiger partial charge is 0.455 e. The highest BCUT2D eigenvalue weighted by Gasteiger charge is 2.36. The fraction of sp³-hybridized carbons (Fsp3) is 0.0698. The van der Waals surface area contributed by atoms with Gasteiger partial charge in [-0.1, -0.05) is 117 Å². The molecule has 3 aromatic heterocycles. The fourth-order valence-electron chi connectivity index (χ4n) is 7.76. The zero-order valence-electron chi connectivity index (χ0n) is 26.0. The highest BCUT2D eigenvalue weighted by molar-refractivity contribution is 6.12. The van der Waals surface area contributed by atoms with Crippen LogP contribution in [0.2, 0.25) is 0 Å². The highest BCUT2D eigenvalue weighted by Crippen LogP contribution is 2.51. The van der Waals surface area contributed by atoms with E-state index in [9.17, 15) is 0 Å². The third kappa shape index (κ3) is 3.70. The van der Waals surface area contributed by atoms with Crippen LogP contribution in [0, 0.1) is 0 Å². The van der Waals surface area contributed by atoms with E-state index in [4.69, 9.17) is 14.4 Å². The number of hydrogen-bond donors (Lipinski definition) is 0. The van der Waals surface area contributed by atoms with Gasteiger partial charge in [-0.15, -0.1) is 0 Å². The Morgan fingerprint density at radius 1 is 0.532 bits per heavy atom. The minimum absolute atomic E-state index is 0.0862. The molecule has 1 aliphatic rings. The number of fused-ring (bicyclic) bond motifs is 9. The SMILES string of the molecule is CC1(C)c2ccccc2-c2cc3c(cc21)c1ccccc1n3-c1cc(-c2cccc3c2oc2ccccc23)nc(-c2ccccc2)n1. The van der Waals surface area contributed by atoms with Gasteiger partial charge in [0.15, 0.2) is 5.82 Å². The van der Waals surface area contributed by atoms with Gasteiger partial charge < -0.3 is 4.42 Å². The third-order valence-corrected chi connectivity index (χ3v) is 10.0. The van der Waals surface area contributed by atoms with E-state index in [-0.39, 0.29) is 5.41 Å². The Kier molecular flexibility index (Phi) is 5.31. The van der Waals surface area contributed by atoms with Gasteiger partial charge in [0.2, 0.25) is 0 Å². The van der Waals surface area contributed by atoms with E-state index in [1.54, 1.807) is 0 Å². The summed E-state index contributed by atoms with van der Waals surface area (Å²) in [6.45, 7) is 4.67. The fourth-order valence-corrected chi connectivity index (χ4v) is 7.76. The third-order valence-electron chi connectivity index (χ3n) is 10.0. The van der Waals surface area contributed by atoms with Crippen LogP contribution >= 0.6 is 0 Å². The molecule has 0 saturated heterocycles. The maximum absolute atomic E-state index is 6.49. The zero-order valence-corrected chi connectivity index (χ0v) is 26.0. The Morgan fingerprint density at radius 2 is 1.26 bits per heavy atom. The molecule has 4 heteroatoms. The second-order valence-electron chi connectivity index (χ2n) is 13.0. The zero-order chi connectivity index (χ0) is 31.3. The van der Waals surface area contributed by atoms with E-state index in [0.29, 0.717) is 5.82 Å². The summed E-state index contributed by atoms with van der Waals surface area (Å²) in [5.41, 5.74) is 11.9. The Hall–Kier alpha value is -6.00. The van der Waals surface area contributed by atoms with E-state index in [0.717, 1.165) is 55.6 Å². The van der Waals surface area contributed by atoms with Gasteiger partial charge >= 0.3 is 0 Å². The number of hydrogen-bond acceptors (Lipinski definition) is 3. The number of para-hydroxylation sites is 3. The van der Waals surface area contributed by atoms with Gasteiger partial charge in [-0.05, 0) is 52.6 Å². The van der Waals surface area contributed by atoms with Crippen LogP contribution in [-0.2, 0) is 5.41 Å². The number of nitrogens with zero attached hydrogens (tertiary/aromatic N) is 3. The molecule has 10 rings (SSSR count). The smallest absolute Gasteiger partial charge is 0.162 e. The van der Waals surface area contributed by atoms with Crippen LogP contribution in [0.5, 0.6) is 0 Å². The molecule has 0 amide bonds. The predicted molar refractivity (Wildman–Crippen MR) is 192 cm³/mol. The van der Waals surface area contributed by atoms with E-state index >= 15 is 0 Å². The summed E-state index contributed by atoms with van der Waals surface area (Å²) in [5.74, 6) is 1.49. The lowest BCUT2D eigenvalue weighted by atomic mass is 9.82. The molecule has 0 bridgehead atoms. The molecule has 0 spiro atoms. The first kappa shape index (κ1) is 26.2. The maximum atomic E-state index is 6.49. The second kappa shape index (κ2) is 9.51. The molecule has 4 nitrogen and oxygen atoms in total. The van der Waals surface area contributed by atoms with E-state index < -0.39 is 0 Å². The molecule has 0 unspecified atom stereocenters. The van der Waals surface area contributed by atoms with Crippen molar-refractivity contribution in [3.8, 4) is 39.6 Å². The highest BCUT2D eigenvalue weighted by atomic mass is 16.3. The lowest BCUT2D eigenvalue weighted by Crippen LogP contribution is -2.14. The van der Waals surface area contributed by atoms with Crippen molar-refractivity contribution in [1.29, 1.82) is 0 Å². The van der Waals surface area contributed by atoms with E-state index in [1.807, 2.05) is 30.3 Å². The number of furan rings is 1. The minimum atomic E-state index is -0.0862. The van der Waals surface area contributed by atoms with Crippen LogP contribution in [0.4, 0.5) is 0 Å². The number of aromatic nitrogens is 3. The average molecular weight is 604 g/mol. The van der Waals surface area contributed by atoms with Gasteiger partial charge in [0.1, 0.15) is 17.0 Å². The molecule has 0 fully saturated rings. The molecular weight excluding hydrogens is 574 g/mol. The first-order chi connectivity index (χ1) is 23.1. The molecule has 0 saturated carbocycles. The molecule has 9 aromatic rings. The van der Waals surface area contributed by atoms with Gasteiger partial charge in [-0.2, -0.15) is 0 Å². The Labute approximate surface area is 271 Å². The maximum Gasteiger partial charge on any atom is 0.162 e. The molecule has 222 valence electrons. The standard InChI is InChI=1S/C43H29N3O/c1-43(2)34-20-9-6-15-27(34)32-24-38-33(23-35(32)43)28-16-7-10-21-37(28)46(38)40-25-36(44-42(45-40)26-13-4-3-5-14-26)31-19-12-18-30-29-17-8-11-22-39(29)47-41(30)31/h3-25H,1-2H3. The van der Waals surface area contributed by atoms with E-state index in [1.165, 1.54) is 33.0 Å². The molecular formula is C43H29N3O. The van der Waals surface area contributed by atoms with Crippen LogP contribution in [0.1, 0.15) is 25.0 Å². The van der Waals surface area contributed by atoms with Crippen molar-refractivity contribution in [2.24, 2.45) is 0 Å². The lowest BCUT2D eigenvalue weighted by molar-refractivity contribution is 0.661. The molecule has 0 atom stereocenters. The average Bonchev–Trinajstić information content (AvgIpc) is 3.73.